The van der Waals surface area contributed by atoms with E-state index in [2.05, 4.69) is 5.32 Å². The van der Waals surface area contributed by atoms with Crippen LogP contribution in [0.15, 0.2) is 47.4 Å². The molecule has 1 amide bonds. The number of benzene rings is 2. The number of carbonyl (C=O) groups is 1. The summed E-state index contributed by atoms with van der Waals surface area (Å²) in [5.74, 6) is -2.44. The Bertz CT molecular complexity index is 946. The minimum Gasteiger partial charge on any atom is -0.322 e. The molecule has 1 aliphatic rings. The molecule has 8 heteroatoms. The second-order valence-corrected chi connectivity index (χ2v) is 8.66. The van der Waals surface area contributed by atoms with E-state index in [1.165, 1.54) is 34.6 Å². The molecule has 0 aromatic heterocycles. The summed E-state index contributed by atoms with van der Waals surface area (Å²) in [6, 6.07) is 8.64. The Morgan fingerprint density at radius 1 is 1.11 bits per heavy atom. The van der Waals surface area contributed by atoms with Crippen LogP contribution < -0.4 is 5.32 Å². The first-order valence-electron chi connectivity index (χ1n) is 8.64. The molecule has 0 saturated carbocycles. The predicted octanol–water partition coefficient (Wildman–Crippen LogP) is 3.64. The first-order chi connectivity index (χ1) is 12.8. The molecular formula is C19H20F2N2O3S. The highest BCUT2D eigenvalue weighted by molar-refractivity contribution is 7.89. The number of nitrogens with one attached hydrogen (secondary N) is 1. The lowest BCUT2D eigenvalue weighted by Crippen LogP contribution is -2.39. The Morgan fingerprint density at radius 2 is 1.81 bits per heavy atom. The average molecular weight is 394 g/mol. The molecule has 1 heterocycles. The van der Waals surface area contributed by atoms with Gasteiger partial charge in [0.25, 0.3) is 5.91 Å². The molecule has 0 bridgehead atoms. The molecule has 0 spiro atoms. The van der Waals surface area contributed by atoms with Crippen molar-refractivity contribution in [3.05, 3.63) is 59.7 Å². The fourth-order valence-electron chi connectivity index (χ4n) is 3.06. The highest BCUT2D eigenvalue weighted by atomic mass is 32.2. The molecule has 144 valence electrons. The van der Waals surface area contributed by atoms with Gasteiger partial charge in [-0.25, -0.2) is 17.2 Å². The minimum atomic E-state index is -3.57. The second kappa shape index (κ2) is 7.74. The Kier molecular flexibility index (Phi) is 5.57. The number of rotatable bonds is 4. The van der Waals surface area contributed by atoms with Gasteiger partial charge in [-0.1, -0.05) is 6.92 Å². The lowest BCUT2D eigenvalue weighted by atomic mass is 10.0. The van der Waals surface area contributed by atoms with Crippen molar-refractivity contribution >= 4 is 21.6 Å². The van der Waals surface area contributed by atoms with Crippen LogP contribution in [0.4, 0.5) is 14.5 Å². The first kappa shape index (κ1) is 19.4. The zero-order chi connectivity index (χ0) is 19.6. The Balaban J connectivity index is 1.73. The van der Waals surface area contributed by atoms with E-state index in [9.17, 15) is 22.0 Å². The van der Waals surface area contributed by atoms with Gasteiger partial charge in [0.1, 0.15) is 0 Å². The van der Waals surface area contributed by atoms with Crippen molar-refractivity contribution in [2.45, 2.75) is 24.7 Å². The van der Waals surface area contributed by atoms with Crippen molar-refractivity contribution in [2.24, 2.45) is 5.92 Å². The predicted molar refractivity (Wildman–Crippen MR) is 97.9 cm³/mol. The van der Waals surface area contributed by atoms with E-state index < -0.39 is 27.6 Å². The summed E-state index contributed by atoms with van der Waals surface area (Å²) in [5, 5.41) is 2.53. The summed E-state index contributed by atoms with van der Waals surface area (Å²) in [6.45, 7) is 3.02. The fourth-order valence-corrected chi connectivity index (χ4v) is 4.66. The van der Waals surface area contributed by atoms with Crippen molar-refractivity contribution in [1.29, 1.82) is 0 Å². The molecule has 1 saturated heterocycles. The van der Waals surface area contributed by atoms with Crippen LogP contribution in [0.5, 0.6) is 0 Å². The van der Waals surface area contributed by atoms with E-state index in [4.69, 9.17) is 0 Å². The summed E-state index contributed by atoms with van der Waals surface area (Å²) >= 11 is 0. The number of piperidine rings is 1. The van der Waals surface area contributed by atoms with Crippen LogP contribution in [0.2, 0.25) is 0 Å². The third-order valence-electron chi connectivity index (χ3n) is 4.55. The van der Waals surface area contributed by atoms with Gasteiger partial charge in [-0.15, -0.1) is 0 Å². The normalized spacial score (nSPS) is 18.3. The molecule has 1 N–H and O–H groups in total. The first-order valence-corrected chi connectivity index (χ1v) is 10.1. The maximum Gasteiger partial charge on any atom is 0.255 e. The van der Waals surface area contributed by atoms with E-state index >= 15 is 0 Å². The lowest BCUT2D eigenvalue weighted by Gasteiger charge is -2.30. The molecule has 27 heavy (non-hydrogen) atoms. The summed E-state index contributed by atoms with van der Waals surface area (Å²) in [4.78, 5) is 12.3. The molecule has 2 aromatic rings. The van der Waals surface area contributed by atoms with Crippen LogP contribution in [0.25, 0.3) is 0 Å². The molecule has 5 nitrogen and oxygen atoms in total. The molecule has 1 atom stereocenters. The zero-order valence-electron chi connectivity index (χ0n) is 14.8. The molecule has 0 radical (unpaired) electrons. The number of anilines is 1. The van der Waals surface area contributed by atoms with Crippen molar-refractivity contribution in [3.8, 4) is 0 Å². The van der Waals surface area contributed by atoms with Crippen LogP contribution in [-0.2, 0) is 10.0 Å². The summed E-state index contributed by atoms with van der Waals surface area (Å²) in [5.41, 5.74) is 0.323. The fraction of sp³-hybridized carbons (Fsp3) is 0.316. The molecule has 2 aromatic carbocycles. The van der Waals surface area contributed by atoms with Gasteiger partial charge in [0.15, 0.2) is 11.6 Å². The lowest BCUT2D eigenvalue weighted by molar-refractivity contribution is 0.102. The van der Waals surface area contributed by atoms with Crippen LogP contribution >= 0.6 is 0 Å². The summed E-state index contributed by atoms with van der Waals surface area (Å²) in [7, 11) is -3.57. The summed E-state index contributed by atoms with van der Waals surface area (Å²) < 4.78 is 53.1. The van der Waals surface area contributed by atoms with Gasteiger partial charge in [0.2, 0.25) is 10.0 Å². The Morgan fingerprint density at radius 3 is 2.44 bits per heavy atom. The number of nitrogens with zero attached hydrogens (tertiary/aromatic N) is 1. The van der Waals surface area contributed by atoms with E-state index in [-0.39, 0.29) is 10.5 Å². The molecule has 3 rings (SSSR count). The highest BCUT2D eigenvalue weighted by Gasteiger charge is 2.28. The number of carbonyl (C=O) groups excluding carboxylic acids is 1. The van der Waals surface area contributed by atoms with Crippen molar-refractivity contribution in [3.63, 3.8) is 0 Å². The van der Waals surface area contributed by atoms with Gasteiger partial charge >= 0.3 is 0 Å². The maximum atomic E-state index is 13.2. The van der Waals surface area contributed by atoms with Crippen LogP contribution in [0.1, 0.15) is 30.1 Å². The number of amides is 1. The topological polar surface area (TPSA) is 66.5 Å². The monoisotopic (exact) mass is 394 g/mol. The van der Waals surface area contributed by atoms with Crippen LogP contribution in [0, 0.1) is 17.6 Å². The molecule has 1 unspecified atom stereocenters. The molecule has 1 fully saturated rings. The van der Waals surface area contributed by atoms with E-state index in [1.807, 2.05) is 6.92 Å². The van der Waals surface area contributed by atoms with E-state index in [0.717, 1.165) is 25.0 Å². The number of sulfonamides is 1. The average Bonchev–Trinajstić information content (AvgIpc) is 2.64. The number of hydrogen-bond acceptors (Lipinski definition) is 3. The van der Waals surface area contributed by atoms with Gasteiger partial charge in [0.05, 0.1) is 4.90 Å². The van der Waals surface area contributed by atoms with Crippen molar-refractivity contribution < 1.29 is 22.0 Å². The Hall–Kier alpha value is -2.32. The molecular weight excluding hydrogens is 374 g/mol. The van der Waals surface area contributed by atoms with Gasteiger partial charge in [-0.3, -0.25) is 4.79 Å². The molecule has 0 aliphatic carbocycles. The van der Waals surface area contributed by atoms with Gasteiger partial charge < -0.3 is 5.32 Å². The Labute approximate surface area is 157 Å². The van der Waals surface area contributed by atoms with Crippen LogP contribution in [-0.4, -0.2) is 31.7 Å². The highest BCUT2D eigenvalue weighted by Crippen LogP contribution is 2.24. The SMILES string of the molecule is CC1CCCN(S(=O)(=O)c2ccc(NC(=O)c3ccc(F)c(F)c3)cc2)C1. The van der Waals surface area contributed by atoms with Gasteiger partial charge in [-0.2, -0.15) is 4.31 Å². The number of halogens is 2. The minimum absolute atomic E-state index is 0.0343. The third kappa shape index (κ3) is 4.33. The smallest absolute Gasteiger partial charge is 0.255 e. The molecule has 1 aliphatic heterocycles. The van der Waals surface area contributed by atoms with Gasteiger partial charge in [-0.05, 0) is 61.2 Å². The van der Waals surface area contributed by atoms with Gasteiger partial charge in [0, 0.05) is 24.3 Å². The largest absolute Gasteiger partial charge is 0.322 e. The maximum absolute atomic E-state index is 13.2. The zero-order valence-corrected chi connectivity index (χ0v) is 15.6. The van der Waals surface area contributed by atoms with E-state index in [1.54, 1.807) is 0 Å². The van der Waals surface area contributed by atoms with Crippen LogP contribution in [0.3, 0.4) is 0 Å². The van der Waals surface area contributed by atoms with Crippen molar-refractivity contribution in [2.75, 3.05) is 18.4 Å². The third-order valence-corrected chi connectivity index (χ3v) is 6.43. The van der Waals surface area contributed by atoms with E-state index in [0.29, 0.717) is 24.7 Å². The standard InChI is InChI=1S/C19H20F2N2O3S/c1-13-3-2-10-23(12-13)27(25,26)16-7-5-15(6-8-16)22-19(24)14-4-9-17(20)18(21)11-14/h4-9,11,13H,2-3,10,12H2,1H3,(H,22,24). The van der Waals surface area contributed by atoms with Crippen molar-refractivity contribution in [1.82, 2.24) is 4.31 Å². The second-order valence-electron chi connectivity index (χ2n) is 6.72. The quantitative estimate of drug-likeness (QED) is 0.861. The number of hydrogen-bond donors (Lipinski definition) is 1. The summed E-state index contributed by atoms with van der Waals surface area (Å²) in [6.07, 6.45) is 1.85.